The molecule has 2 nitrogen and oxygen atoms in total. The molecule has 2 rings (SSSR count). The summed E-state index contributed by atoms with van der Waals surface area (Å²) in [5.74, 6) is -1.15. The number of thiazole rings is 1. The lowest BCUT2D eigenvalue weighted by Crippen LogP contribution is -1.97. The molecule has 0 unspecified atom stereocenters. The first-order chi connectivity index (χ1) is 8.51. The highest BCUT2D eigenvalue weighted by atomic mass is 79.9. The number of nitrogens with zero attached hydrogens (tertiary/aromatic N) is 1. The average Bonchev–Trinajstić information content (AvgIpc) is 2.64. The predicted molar refractivity (Wildman–Crippen MR) is 72.8 cm³/mol. The SMILES string of the molecule is CCc1nc(N)sc1Cc1c(F)cc(F)cc1Br. The number of halogens is 3. The van der Waals surface area contributed by atoms with Crippen molar-refractivity contribution in [2.45, 2.75) is 19.8 Å². The van der Waals surface area contributed by atoms with E-state index in [9.17, 15) is 8.78 Å². The Morgan fingerprint density at radius 1 is 1.39 bits per heavy atom. The molecule has 1 heterocycles. The second kappa shape index (κ2) is 5.32. The lowest BCUT2D eigenvalue weighted by atomic mass is 10.1. The molecule has 96 valence electrons. The van der Waals surface area contributed by atoms with Crippen LogP contribution in [0.4, 0.5) is 13.9 Å². The van der Waals surface area contributed by atoms with Gasteiger partial charge in [-0.1, -0.05) is 22.9 Å². The molecule has 0 radical (unpaired) electrons. The number of hydrogen-bond acceptors (Lipinski definition) is 3. The monoisotopic (exact) mass is 332 g/mol. The van der Waals surface area contributed by atoms with E-state index in [1.165, 1.54) is 17.4 Å². The fourth-order valence-electron chi connectivity index (χ4n) is 1.72. The van der Waals surface area contributed by atoms with Crippen LogP contribution in [0, 0.1) is 11.6 Å². The van der Waals surface area contributed by atoms with Crippen molar-refractivity contribution in [3.63, 3.8) is 0 Å². The average molecular weight is 333 g/mol. The van der Waals surface area contributed by atoms with Crippen molar-refractivity contribution in [3.8, 4) is 0 Å². The van der Waals surface area contributed by atoms with Crippen molar-refractivity contribution in [3.05, 3.63) is 44.4 Å². The van der Waals surface area contributed by atoms with Gasteiger partial charge in [-0.2, -0.15) is 0 Å². The lowest BCUT2D eigenvalue weighted by Gasteiger charge is -2.06. The summed E-state index contributed by atoms with van der Waals surface area (Å²) in [6, 6.07) is 2.14. The number of rotatable bonds is 3. The Hall–Kier alpha value is -1.01. The van der Waals surface area contributed by atoms with Crippen LogP contribution < -0.4 is 5.73 Å². The minimum absolute atomic E-state index is 0.366. The Balaban J connectivity index is 2.39. The number of anilines is 1. The summed E-state index contributed by atoms with van der Waals surface area (Å²) in [5.41, 5.74) is 6.95. The van der Waals surface area contributed by atoms with Crippen LogP contribution in [-0.2, 0) is 12.8 Å². The van der Waals surface area contributed by atoms with Crippen LogP contribution in [-0.4, -0.2) is 4.98 Å². The summed E-state index contributed by atoms with van der Waals surface area (Å²) in [5, 5.41) is 0.473. The zero-order valence-corrected chi connectivity index (χ0v) is 12.0. The summed E-state index contributed by atoms with van der Waals surface area (Å²) in [7, 11) is 0. The summed E-state index contributed by atoms with van der Waals surface area (Å²) >= 11 is 4.52. The molecule has 2 aromatic rings. The summed E-state index contributed by atoms with van der Waals surface area (Å²) in [6.07, 6.45) is 1.11. The summed E-state index contributed by atoms with van der Waals surface area (Å²) in [6.45, 7) is 1.97. The molecule has 0 aliphatic carbocycles. The predicted octanol–water partition coefficient (Wildman–Crippen LogP) is 3.92. The van der Waals surface area contributed by atoms with Crippen molar-refractivity contribution in [2.75, 3.05) is 5.73 Å². The van der Waals surface area contributed by atoms with Crippen LogP contribution in [0.5, 0.6) is 0 Å². The van der Waals surface area contributed by atoms with Gasteiger partial charge in [0.15, 0.2) is 5.13 Å². The molecule has 0 atom stereocenters. The van der Waals surface area contributed by atoms with Crippen molar-refractivity contribution in [1.82, 2.24) is 4.98 Å². The maximum absolute atomic E-state index is 13.7. The van der Waals surface area contributed by atoms with Crippen molar-refractivity contribution in [1.29, 1.82) is 0 Å². The number of benzene rings is 1. The topological polar surface area (TPSA) is 38.9 Å². The largest absolute Gasteiger partial charge is 0.375 e. The number of aromatic nitrogens is 1. The first-order valence-corrected chi connectivity index (χ1v) is 6.99. The maximum atomic E-state index is 13.7. The van der Waals surface area contributed by atoms with Gasteiger partial charge in [-0.3, -0.25) is 0 Å². The van der Waals surface area contributed by atoms with Gasteiger partial charge >= 0.3 is 0 Å². The van der Waals surface area contributed by atoms with Gasteiger partial charge in [0, 0.05) is 27.4 Å². The second-order valence-corrected chi connectivity index (χ2v) is 5.77. The van der Waals surface area contributed by atoms with Gasteiger partial charge < -0.3 is 5.73 Å². The van der Waals surface area contributed by atoms with Gasteiger partial charge in [0.25, 0.3) is 0 Å². The third kappa shape index (κ3) is 2.70. The van der Waals surface area contributed by atoms with Gasteiger partial charge in [-0.15, -0.1) is 11.3 Å². The van der Waals surface area contributed by atoms with E-state index < -0.39 is 11.6 Å². The molecular formula is C12H11BrF2N2S. The van der Waals surface area contributed by atoms with Crippen molar-refractivity contribution in [2.24, 2.45) is 0 Å². The third-order valence-corrected chi connectivity index (χ3v) is 4.21. The molecule has 18 heavy (non-hydrogen) atoms. The van der Waals surface area contributed by atoms with Gasteiger partial charge in [0.2, 0.25) is 0 Å². The Morgan fingerprint density at radius 2 is 2.11 bits per heavy atom. The van der Waals surface area contributed by atoms with Crippen LogP contribution in [0.2, 0.25) is 0 Å². The quantitative estimate of drug-likeness (QED) is 0.925. The molecule has 0 saturated heterocycles. The Labute approximate surface area is 116 Å². The van der Waals surface area contributed by atoms with Crippen LogP contribution in [0.15, 0.2) is 16.6 Å². The molecule has 0 bridgehead atoms. The summed E-state index contributed by atoms with van der Waals surface area (Å²) in [4.78, 5) is 5.10. The molecule has 0 fully saturated rings. The lowest BCUT2D eigenvalue weighted by molar-refractivity contribution is 0.573. The van der Waals surface area contributed by atoms with Gasteiger partial charge in [0.1, 0.15) is 11.6 Å². The van der Waals surface area contributed by atoms with E-state index in [1.807, 2.05) is 6.92 Å². The standard InChI is InChI=1S/C12H11BrF2N2S/c1-2-10-11(18-12(16)17-10)5-7-8(13)3-6(14)4-9(7)15/h3-4H,2,5H2,1H3,(H2,16,17). The first-order valence-electron chi connectivity index (χ1n) is 5.38. The van der Waals surface area contributed by atoms with Crippen LogP contribution in [0.1, 0.15) is 23.1 Å². The Kier molecular flexibility index (Phi) is 3.97. The van der Waals surface area contributed by atoms with Crippen molar-refractivity contribution >= 4 is 32.4 Å². The highest BCUT2D eigenvalue weighted by Crippen LogP contribution is 2.29. The molecule has 0 saturated carbocycles. The smallest absolute Gasteiger partial charge is 0.180 e. The number of nitrogen functional groups attached to an aromatic ring is 1. The number of nitrogens with two attached hydrogens (primary N) is 1. The fraction of sp³-hybridized carbons (Fsp3) is 0.250. The van der Waals surface area contributed by atoms with Gasteiger partial charge in [-0.25, -0.2) is 13.8 Å². The van der Waals surface area contributed by atoms with Crippen molar-refractivity contribution < 1.29 is 8.78 Å². The zero-order valence-electron chi connectivity index (χ0n) is 9.64. The molecule has 2 N–H and O–H groups in total. The zero-order chi connectivity index (χ0) is 13.3. The third-order valence-electron chi connectivity index (χ3n) is 2.57. The molecular weight excluding hydrogens is 322 g/mol. The highest BCUT2D eigenvalue weighted by Gasteiger charge is 2.15. The fourth-order valence-corrected chi connectivity index (χ4v) is 3.20. The highest BCUT2D eigenvalue weighted by molar-refractivity contribution is 9.10. The molecule has 0 amide bonds. The molecule has 0 spiro atoms. The molecule has 0 aliphatic rings. The van der Waals surface area contributed by atoms with E-state index in [0.717, 1.165) is 23.1 Å². The van der Waals surface area contributed by atoms with Gasteiger partial charge in [0.05, 0.1) is 5.69 Å². The molecule has 0 aliphatic heterocycles. The molecule has 1 aromatic heterocycles. The number of aryl methyl sites for hydroxylation is 1. The van der Waals surface area contributed by atoms with E-state index in [0.29, 0.717) is 21.6 Å². The van der Waals surface area contributed by atoms with Gasteiger partial charge in [-0.05, 0) is 12.5 Å². The first kappa shape index (κ1) is 13.4. The van der Waals surface area contributed by atoms with E-state index in [-0.39, 0.29) is 0 Å². The normalized spacial score (nSPS) is 10.9. The summed E-state index contributed by atoms with van der Waals surface area (Å²) < 4.78 is 27.1. The van der Waals surface area contributed by atoms with E-state index in [2.05, 4.69) is 20.9 Å². The van der Waals surface area contributed by atoms with Crippen LogP contribution in [0.25, 0.3) is 0 Å². The van der Waals surface area contributed by atoms with E-state index >= 15 is 0 Å². The van der Waals surface area contributed by atoms with Crippen LogP contribution >= 0.6 is 27.3 Å². The van der Waals surface area contributed by atoms with E-state index in [4.69, 9.17) is 5.73 Å². The maximum Gasteiger partial charge on any atom is 0.180 e. The Morgan fingerprint density at radius 3 is 2.72 bits per heavy atom. The molecule has 1 aromatic carbocycles. The molecule has 6 heteroatoms. The number of hydrogen-bond donors (Lipinski definition) is 1. The van der Waals surface area contributed by atoms with E-state index in [1.54, 1.807) is 0 Å². The minimum atomic E-state index is -0.595. The minimum Gasteiger partial charge on any atom is -0.375 e. The second-order valence-electron chi connectivity index (χ2n) is 3.80. The Bertz CT molecular complexity index is 560. The van der Waals surface area contributed by atoms with Crippen LogP contribution in [0.3, 0.4) is 0 Å².